The fraction of sp³-hybridized carbons (Fsp3) is 0.429. The monoisotopic (exact) mass is 539 g/mol. The van der Waals surface area contributed by atoms with Crippen LogP contribution in [-0.4, -0.2) is 79.5 Å². The Hall–Kier alpha value is -3.96. The number of ketones is 1. The minimum Gasteiger partial charge on any atom is -0.497 e. The first-order chi connectivity index (χ1) is 18.7. The van der Waals surface area contributed by atoms with E-state index >= 15 is 0 Å². The van der Waals surface area contributed by atoms with Crippen molar-refractivity contribution >= 4 is 23.7 Å². The van der Waals surface area contributed by atoms with Crippen molar-refractivity contribution in [1.82, 2.24) is 16.0 Å². The first-order valence-electron chi connectivity index (χ1n) is 12.7. The van der Waals surface area contributed by atoms with E-state index in [-0.39, 0.29) is 44.4 Å². The molecule has 2 aliphatic rings. The van der Waals surface area contributed by atoms with Crippen LogP contribution in [0.15, 0.2) is 54.6 Å². The number of ether oxygens (including phenoxy) is 3. The van der Waals surface area contributed by atoms with Crippen molar-refractivity contribution < 1.29 is 38.5 Å². The van der Waals surface area contributed by atoms with Gasteiger partial charge in [-0.1, -0.05) is 42.5 Å². The van der Waals surface area contributed by atoms with Crippen LogP contribution in [0.4, 0.5) is 4.79 Å². The number of carbonyl (C=O) groups is 4. The quantitative estimate of drug-likeness (QED) is 0.276. The van der Waals surface area contributed by atoms with E-state index in [1.165, 1.54) is 0 Å². The number of carboxylic acid groups (broad SMARTS) is 1. The Morgan fingerprint density at radius 1 is 0.923 bits per heavy atom. The van der Waals surface area contributed by atoms with Crippen molar-refractivity contribution in [3.8, 4) is 5.75 Å². The third kappa shape index (κ3) is 7.33. The molecule has 208 valence electrons. The summed E-state index contributed by atoms with van der Waals surface area (Å²) < 4.78 is 15.7. The van der Waals surface area contributed by atoms with Crippen LogP contribution in [-0.2, 0) is 36.7 Å². The summed E-state index contributed by atoms with van der Waals surface area (Å²) in [5.41, 5.74) is 0.614. The lowest BCUT2D eigenvalue weighted by molar-refractivity contribution is -0.136. The van der Waals surface area contributed by atoms with Crippen LogP contribution < -0.4 is 20.7 Å². The van der Waals surface area contributed by atoms with Crippen LogP contribution >= 0.6 is 0 Å². The van der Waals surface area contributed by atoms with Gasteiger partial charge in [-0.2, -0.15) is 0 Å². The highest BCUT2D eigenvalue weighted by atomic mass is 16.6. The van der Waals surface area contributed by atoms with E-state index in [2.05, 4.69) is 16.0 Å². The van der Waals surface area contributed by atoms with Crippen LogP contribution in [0.25, 0.3) is 0 Å². The number of benzene rings is 2. The maximum Gasteiger partial charge on any atom is 0.405 e. The average molecular weight is 540 g/mol. The lowest BCUT2D eigenvalue weighted by atomic mass is 9.94. The molecule has 2 aliphatic heterocycles. The third-order valence-corrected chi connectivity index (χ3v) is 6.94. The van der Waals surface area contributed by atoms with E-state index in [0.29, 0.717) is 5.75 Å². The molecular formula is C28H33N3O8. The van der Waals surface area contributed by atoms with Gasteiger partial charge in [-0.05, 0) is 36.6 Å². The second kappa shape index (κ2) is 12.3. The van der Waals surface area contributed by atoms with E-state index in [4.69, 9.17) is 14.2 Å². The van der Waals surface area contributed by atoms with Crippen LogP contribution in [0.2, 0.25) is 0 Å². The molecule has 3 amide bonds. The molecule has 0 radical (unpaired) electrons. The molecule has 0 saturated carbocycles. The Bertz CT molecular complexity index is 1180. The minimum atomic E-state index is -1.36. The predicted octanol–water partition coefficient (Wildman–Crippen LogP) is 1.09. The minimum absolute atomic E-state index is 0.0997. The van der Waals surface area contributed by atoms with Gasteiger partial charge in [0.15, 0.2) is 5.78 Å². The van der Waals surface area contributed by atoms with Gasteiger partial charge >= 0.3 is 6.09 Å². The predicted molar refractivity (Wildman–Crippen MR) is 139 cm³/mol. The number of Topliss-reactive ketones (excluding diaryl/α,β-unsaturated/α-hetero) is 1. The number of hydrogen-bond acceptors (Lipinski definition) is 7. The fourth-order valence-corrected chi connectivity index (χ4v) is 4.40. The van der Waals surface area contributed by atoms with Gasteiger partial charge in [0.25, 0.3) is 0 Å². The number of carbonyl (C=O) groups excluding carboxylic acids is 3. The standard InChI is InChI=1S/C28H33N3O8/c1-28(16-39-28)24(32)21(12-17-6-4-3-5-7-17)29-25(33)22(13-18-8-10-20(37-2)11-9-18)30-26(34)23(31-27(35)36)19-14-38-15-19/h3-11,19,21-23,31H,12-16H2,1-2H3,(H,29,33)(H,30,34)(H,35,36)/t21-,22-,23-,28-/m0/s1. The zero-order valence-corrected chi connectivity index (χ0v) is 21.8. The zero-order valence-electron chi connectivity index (χ0n) is 21.8. The summed E-state index contributed by atoms with van der Waals surface area (Å²) in [5, 5.41) is 17.0. The molecule has 11 nitrogen and oxygen atoms in total. The summed E-state index contributed by atoms with van der Waals surface area (Å²) >= 11 is 0. The van der Waals surface area contributed by atoms with Crippen LogP contribution in [0.5, 0.6) is 5.75 Å². The summed E-state index contributed by atoms with van der Waals surface area (Å²) in [6.45, 7) is 2.39. The number of epoxide rings is 1. The molecule has 2 saturated heterocycles. The molecule has 0 aromatic heterocycles. The molecule has 2 heterocycles. The Morgan fingerprint density at radius 2 is 1.51 bits per heavy atom. The summed E-state index contributed by atoms with van der Waals surface area (Å²) in [6, 6.07) is 13.2. The van der Waals surface area contributed by atoms with E-state index in [1.54, 1.807) is 38.3 Å². The number of nitrogens with one attached hydrogen (secondary N) is 3. The van der Waals surface area contributed by atoms with Crippen molar-refractivity contribution in [2.24, 2.45) is 5.92 Å². The van der Waals surface area contributed by atoms with E-state index in [1.807, 2.05) is 30.3 Å². The Balaban J connectivity index is 1.55. The molecule has 0 aliphatic carbocycles. The molecule has 4 N–H and O–H groups in total. The molecule has 4 atom stereocenters. The smallest absolute Gasteiger partial charge is 0.405 e. The molecule has 11 heteroatoms. The largest absolute Gasteiger partial charge is 0.497 e. The van der Waals surface area contributed by atoms with Crippen molar-refractivity contribution in [2.45, 2.75) is 43.5 Å². The number of methoxy groups -OCH3 is 1. The SMILES string of the molecule is COc1ccc(C[C@H](NC(=O)[C@@H](NC(=O)O)C2COC2)C(=O)N[C@@H](Cc2ccccc2)C(=O)[C@]2(C)CO2)cc1. The van der Waals surface area contributed by atoms with Gasteiger partial charge < -0.3 is 35.3 Å². The highest BCUT2D eigenvalue weighted by Crippen LogP contribution is 2.29. The first kappa shape index (κ1) is 28.1. The van der Waals surface area contributed by atoms with Crippen molar-refractivity contribution in [1.29, 1.82) is 0 Å². The Kier molecular flexibility index (Phi) is 8.82. The molecular weight excluding hydrogens is 506 g/mol. The van der Waals surface area contributed by atoms with Gasteiger partial charge in [0.1, 0.15) is 23.4 Å². The molecule has 2 aromatic rings. The molecule has 0 bridgehead atoms. The normalized spacial score (nSPS) is 20.5. The number of amides is 3. The van der Waals surface area contributed by atoms with E-state index in [0.717, 1.165) is 11.1 Å². The lowest BCUT2D eigenvalue weighted by Gasteiger charge is -2.33. The molecule has 2 fully saturated rings. The van der Waals surface area contributed by atoms with Gasteiger partial charge in [-0.15, -0.1) is 0 Å². The summed E-state index contributed by atoms with van der Waals surface area (Å²) in [5.74, 6) is -1.21. The molecule has 0 spiro atoms. The zero-order chi connectivity index (χ0) is 28.0. The van der Waals surface area contributed by atoms with Gasteiger partial charge in [-0.25, -0.2) is 4.79 Å². The second-order valence-corrected chi connectivity index (χ2v) is 9.97. The average Bonchev–Trinajstić information content (AvgIpc) is 3.65. The highest BCUT2D eigenvalue weighted by Gasteiger charge is 2.50. The maximum absolute atomic E-state index is 13.7. The molecule has 4 rings (SSSR count). The second-order valence-electron chi connectivity index (χ2n) is 9.97. The fourth-order valence-electron chi connectivity index (χ4n) is 4.40. The topological polar surface area (TPSA) is 156 Å². The number of hydrogen-bond donors (Lipinski definition) is 4. The van der Waals surface area contributed by atoms with E-state index < -0.39 is 41.6 Å². The Labute approximate surface area is 226 Å². The van der Waals surface area contributed by atoms with Crippen molar-refractivity contribution in [2.75, 3.05) is 26.9 Å². The highest BCUT2D eigenvalue weighted by molar-refractivity contribution is 5.98. The van der Waals surface area contributed by atoms with Crippen LogP contribution in [0.1, 0.15) is 18.1 Å². The first-order valence-corrected chi connectivity index (χ1v) is 12.7. The van der Waals surface area contributed by atoms with Crippen LogP contribution in [0.3, 0.4) is 0 Å². The van der Waals surface area contributed by atoms with E-state index in [9.17, 15) is 24.3 Å². The molecule has 39 heavy (non-hydrogen) atoms. The lowest BCUT2D eigenvalue weighted by Crippen LogP contribution is -2.60. The number of rotatable bonds is 13. The van der Waals surface area contributed by atoms with Crippen molar-refractivity contribution in [3.05, 3.63) is 65.7 Å². The summed E-state index contributed by atoms with van der Waals surface area (Å²) in [4.78, 5) is 51.5. The van der Waals surface area contributed by atoms with Gasteiger partial charge in [0, 0.05) is 12.3 Å². The molecule has 0 unspecified atom stereocenters. The summed E-state index contributed by atoms with van der Waals surface area (Å²) in [6.07, 6.45) is -1.01. The van der Waals surface area contributed by atoms with Gasteiger partial charge in [0.05, 0.1) is 33.0 Å². The van der Waals surface area contributed by atoms with Crippen LogP contribution in [0, 0.1) is 5.92 Å². The van der Waals surface area contributed by atoms with Crippen molar-refractivity contribution in [3.63, 3.8) is 0 Å². The summed E-state index contributed by atoms with van der Waals surface area (Å²) in [7, 11) is 1.54. The molecule has 2 aromatic carbocycles. The van der Waals surface area contributed by atoms with Gasteiger partial charge in [-0.3, -0.25) is 14.4 Å². The van der Waals surface area contributed by atoms with Gasteiger partial charge in [0.2, 0.25) is 11.8 Å². The third-order valence-electron chi connectivity index (χ3n) is 6.94. The Morgan fingerprint density at radius 3 is 2.05 bits per heavy atom. The maximum atomic E-state index is 13.7.